The van der Waals surface area contributed by atoms with Crippen LogP contribution in [0, 0.1) is 0 Å². The maximum Gasteiger partial charge on any atom is 0.222 e. The van der Waals surface area contributed by atoms with E-state index >= 15 is 0 Å². The van der Waals surface area contributed by atoms with Crippen LogP contribution in [0.3, 0.4) is 0 Å². The number of unbranched alkanes of at least 4 members (excludes halogenated alkanes) is 1. The zero-order valence-corrected chi connectivity index (χ0v) is 12.1. The van der Waals surface area contributed by atoms with Crippen molar-refractivity contribution in [3.8, 4) is 0 Å². The minimum absolute atomic E-state index is 0.208. The van der Waals surface area contributed by atoms with Gasteiger partial charge in [0.2, 0.25) is 5.91 Å². The van der Waals surface area contributed by atoms with Crippen molar-refractivity contribution in [3.63, 3.8) is 0 Å². The lowest BCUT2D eigenvalue weighted by atomic mass is 10.1. The molecule has 1 aromatic heterocycles. The lowest BCUT2D eigenvalue weighted by Gasteiger charge is -2.16. The monoisotopic (exact) mass is 270 g/mol. The van der Waals surface area contributed by atoms with Gasteiger partial charge < -0.3 is 9.88 Å². The second-order valence-electron chi connectivity index (χ2n) is 5.11. The predicted octanol–water partition coefficient (Wildman–Crippen LogP) is 3.53. The quantitative estimate of drug-likeness (QED) is 0.606. The fourth-order valence-corrected chi connectivity index (χ4v) is 2.37. The first kappa shape index (κ1) is 14.4. The molecule has 0 radical (unpaired) electrons. The van der Waals surface area contributed by atoms with E-state index in [1.165, 1.54) is 10.9 Å². The number of fused-ring (bicyclic) bond motifs is 1. The maximum atomic E-state index is 12.1. The largest absolute Gasteiger partial charge is 0.361 e. The molecule has 0 saturated heterocycles. The van der Waals surface area contributed by atoms with Gasteiger partial charge in [-0.15, -0.1) is 6.58 Å². The molecule has 0 aliphatic carbocycles. The molecule has 0 saturated carbocycles. The maximum absolute atomic E-state index is 12.1. The number of nitrogens with one attached hydrogen (secondary N) is 1. The number of carbonyl (C=O) groups excluding carboxylic acids is 1. The summed E-state index contributed by atoms with van der Waals surface area (Å²) in [5, 5.41) is 1.22. The minimum atomic E-state index is 0.208. The molecular weight excluding hydrogens is 248 g/mol. The van der Waals surface area contributed by atoms with Crippen molar-refractivity contribution in [2.75, 3.05) is 13.6 Å². The third-order valence-electron chi connectivity index (χ3n) is 3.61. The molecular formula is C17H22N2O. The SMILES string of the molecule is C=CCCCN(C)C(=O)CCc1c[nH]c2ccccc12. The molecule has 1 aromatic carbocycles. The zero-order chi connectivity index (χ0) is 14.4. The number of aromatic amines is 1. The fourth-order valence-electron chi connectivity index (χ4n) is 2.37. The van der Waals surface area contributed by atoms with E-state index in [0.717, 1.165) is 31.3 Å². The van der Waals surface area contributed by atoms with Gasteiger partial charge in [-0.25, -0.2) is 0 Å². The van der Waals surface area contributed by atoms with E-state index in [1.807, 2.05) is 36.4 Å². The predicted molar refractivity (Wildman–Crippen MR) is 83.7 cm³/mol. The normalized spacial score (nSPS) is 10.7. The number of aromatic nitrogens is 1. The molecule has 106 valence electrons. The number of amides is 1. The van der Waals surface area contributed by atoms with Crippen molar-refractivity contribution < 1.29 is 4.79 Å². The summed E-state index contributed by atoms with van der Waals surface area (Å²) in [5.74, 6) is 0.208. The van der Waals surface area contributed by atoms with E-state index in [-0.39, 0.29) is 5.91 Å². The number of rotatable bonds is 7. The first-order valence-corrected chi connectivity index (χ1v) is 7.12. The van der Waals surface area contributed by atoms with E-state index in [2.05, 4.69) is 23.7 Å². The number of hydrogen-bond acceptors (Lipinski definition) is 1. The van der Waals surface area contributed by atoms with Gasteiger partial charge in [-0.05, 0) is 30.9 Å². The molecule has 0 bridgehead atoms. The summed E-state index contributed by atoms with van der Waals surface area (Å²) < 4.78 is 0. The third kappa shape index (κ3) is 3.50. The Morgan fingerprint density at radius 1 is 1.40 bits per heavy atom. The summed E-state index contributed by atoms with van der Waals surface area (Å²) in [5.41, 5.74) is 2.35. The number of H-pyrrole nitrogens is 1. The van der Waals surface area contributed by atoms with Crippen LogP contribution in [-0.4, -0.2) is 29.4 Å². The Hall–Kier alpha value is -2.03. The zero-order valence-electron chi connectivity index (χ0n) is 12.1. The van der Waals surface area contributed by atoms with Gasteiger partial charge in [0.1, 0.15) is 0 Å². The van der Waals surface area contributed by atoms with Crippen LogP contribution in [0.1, 0.15) is 24.8 Å². The summed E-state index contributed by atoms with van der Waals surface area (Å²) in [6, 6.07) is 8.20. The van der Waals surface area contributed by atoms with Crippen LogP contribution in [0.25, 0.3) is 10.9 Å². The highest BCUT2D eigenvalue weighted by Gasteiger charge is 2.10. The minimum Gasteiger partial charge on any atom is -0.361 e. The second kappa shape index (κ2) is 6.94. The van der Waals surface area contributed by atoms with Crippen LogP contribution in [-0.2, 0) is 11.2 Å². The average molecular weight is 270 g/mol. The molecule has 3 nitrogen and oxygen atoms in total. The number of carbonyl (C=O) groups is 1. The standard InChI is InChI=1S/C17H22N2O/c1-3-4-7-12-19(2)17(20)11-10-14-13-18-16-9-6-5-8-15(14)16/h3,5-6,8-9,13,18H,1,4,7,10-12H2,2H3. The molecule has 0 atom stereocenters. The molecule has 1 amide bonds. The van der Waals surface area contributed by atoms with Crippen molar-refractivity contribution in [2.45, 2.75) is 25.7 Å². The number of allylic oxidation sites excluding steroid dienone is 1. The van der Waals surface area contributed by atoms with Crippen LogP contribution in [0.2, 0.25) is 0 Å². The lowest BCUT2D eigenvalue weighted by Crippen LogP contribution is -2.27. The van der Waals surface area contributed by atoms with Crippen LogP contribution in [0.5, 0.6) is 0 Å². The highest BCUT2D eigenvalue weighted by Crippen LogP contribution is 2.19. The van der Waals surface area contributed by atoms with Crippen LogP contribution >= 0.6 is 0 Å². The summed E-state index contributed by atoms with van der Waals surface area (Å²) in [7, 11) is 1.88. The van der Waals surface area contributed by atoms with Gasteiger partial charge in [0.05, 0.1) is 0 Å². The van der Waals surface area contributed by atoms with E-state index in [9.17, 15) is 4.79 Å². The first-order chi connectivity index (χ1) is 9.72. The van der Waals surface area contributed by atoms with Gasteiger partial charge in [0, 0.05) is 37.1 Å². The van der Waals surface area contributed by atoms with Gasteiger partial charge in [-0.1, -0.05) is 24.3 Å². The van der Waals surface area contributed by atoms with Gasteiger partial charge in [0.15, 0.2) is 0 Å². The molecule has 2 rings (SSSR count). The Labute approximate surface area is 120 Å². The summed E-state index contributed by atoms with van der Waals surface area (Å²) in [6.45, 7) is 4.50. The Morgan fingerprint density at radius 3 is 3.00 bits per heavy atom. The molecule has 2 aromatic rings. The van der Waals surface area contributed by atoms with Gasteiger partial charge in [-0.2, -0.15) is 0 Å². The molecule has 3 heteroatoms. The van der Waals surface area contributed by atoms with Crippen molar-refractivity contribution >= 4 is 16.8 Å². The molecule has 0 aliphatic heterocycles. The Bertz CT molecular complexity index is 585. The topological polar surface area (TPSA) is 36.1 Å². The van der Waals surface area contributed by atoms with Crippen LogP contribution in [0.15, 0.2) is 43.1 Å². The van der Waals surface area contributed by atoms with Crippen molar-refractivity contribution in [1.82, 2.24) is 9.88 Å². The first-order valence-electron chi connectivity index (χ1n) is 7.12. The summed E-state index contributed by atoms with van der Waals surface area (Å²) in [6.07, 6.45) is 7.19. The van der Waals surface area contributed by atoms with E-state index in [0.29, 0.717) is 6.42 Å². The Morgan fingerprint density at radius 2 is 2.20 bits per heavy atom. The molecule has 20 heavy (non-hydrogen) atoms. The molecule has 0 aliphatic rings. The summed E-state index contributed by atoms with van der Waals surface area (Å²) in [4.78, 5) is 17.1. The van der Waals surface area contributed by atoms with Crippen LogP contribution in [0.4, 0.5) is 0 Å². The summed E-state index contributed by atoms with van der Waals surface area (Å²) >= 11 is 0. The van der Waals surface area contributed by atoms with Gasteiger partial charge in [0.25, 0.3) is 0 Å². The number of nitrogens with zero attached hydrogens (tertiary/aromatic N) is 1. The molecule has 0 spiro atoms. The molecule has 1 N–H and O–H groups in total. The highest BCUT2D eigenvalue weighted by atomic mass is 16.2. The third-order valence-corrected chi connectivity index (χ3v) is 3.61. The number of para-hydroxylation sites is 1. The van der Waals surface area contributed by atoms with Crippen LogP contribution < -0.4 is 0 Å². The van der Waals surface area contributed by atoms with E-state index in [4.69, 9.17) is 0 Å². The molecule has 0 fully saturated rings. The van der Waals surface area contributed by atoms with Crippen molar-refractivity contribution in [3.05, 3.63) is 48.7 Å². The molecule has 1 heterocycles. The van der Waals surface area contributed by atoms with Crippen molar-refractivity contribution in [1.29, 1.82) is 0 Å². The number of hydrogen-bond donors (Lipinski definition) is 1. The molecule has 0 unspecified atom stereocenters. The highest BCUT2D eigenvalue weighted by molar-refractivity contribution is 5.84. The average Bonchev–Trinajstić information content (AvgIpc) is 2.88. The fraction of sp³-hybridized carbons (Fsp3) is 0.353. The lowest BCUT2D eigenvalue weighted by molar-refractivity contribution is -0.129. The van der Waals surface area contributed by atoms with E-state index in [1.54, 1.807) is 0 Å². The van der Waals surface area contributed by atoms with E-state index < -0.39 is 0 Å². The second-order valence-corrected chi connectivity index (χ2v) is 5.11. The van der Waals surface area contributed by atoms with Gasteiger partial charge in [-0.3, -0.25) is 4.79 Å². The Kier molecular flexibility index (Phi) is 4.99. The number of aryl methyl sites for hydroxylation is 1. The number of benzene rings is 1. The van der Waals surface area contributed by atoms with Gasteiger partial charge >= 0.3 is 0 Å². The van der Waals surface area contributed by atoms with Crippen molar-refractivity contribution in [2.24, 2.45) is 0 Å². The smallest absolute Gasteiger partial charge is 0.222 e. The Balaban J connectivity index is 1.88.